The maximum Gasteiger partial charge on any atom is 0.417 e. The van der Waals surface area contributed by atoms with Crippen LogP contribution < -0.4 is 10.6 Å². The van der Waals surface area contributed by atoms with Gasteiger partial charge in [-0.1, -0.05) is 12.8 Å². The lowest BCUT2D eigenvalue weighted by Crippen LogP contribution is -2.42. The van der Waals surface area contributed by atoms with Gasteiger partial charge in [-0.25, -0.2) is 9.97 Å². The van der Waals surface area contributed by atoms with E-state index < -0.39 is 29.2 Å². The number of carbonyl (C=O) groups excluding carboxylic acids is 2. The predicted octanol–water partition coefficient (Wildman–Crippen LogP) is 5.09. The number of alkyl halides is 3. The summed E-state index contributed by atoms with van der Waals surface area (Å²) in [5.41, 5.74) is -2.63. The first-order valence-electron chi connectivity index (χ1n) is 13.0. The molecule has 12 heteroatoms. The van der Waals surface area contributed by atoms with Crippen LogP contribution in [0.25, 0.3) is 10.4 Å². The smallest absolute Gasteiger partial charge is 0.389 e. The van der Waals surface area contributed by atoms with Crippen molar-refractivity contribution in [3.63, 3.8) is 0 Å². The Morgan fingerprint density at radius 1 is 1.16 bits per heavy atom. The molecule has 3 heterocycles. The molecule has 1 aliphatic heterocycles. The number of carbonyl (C=O) groups is 2. The average Bonchev–Trinajstić information content (AvgIpc) is 3.52. The molecular weight excluding hydrogens is 519 g/mol. The monoisotopic (exact) mass is 553 g/mol. The largest absolute Gasteiger partial charge is 0.417 e. The van der Waals surface area contributed by atoms with Crippen molar-refractivity contribution in [1.82, 2.24) is 20.2 Å². The Labute approximate surface area is 224 Å². The van der Waals surface area contributed by atoms with E-state index in [-0.39, 0.29) is 45.6 Å². The van der Waals surface area contributed by atoms with Crippen LogP contribution >= 0.6 is 11.3 Å². The highest BCUT2D eigenvalue weighted by molar-refractivity contribution is 7.17. The lowest BCUT2D eigenvalue weighted by Gasteiger charge is -2.33. The van der Waals surface area contributed by atoms with Crippen molar-refractivity contribution < 1.29 is 27.9 Å². The number of halogens is 3. The van der Waals surface area contributed by atoms with Crippen molar-refractivity contribution >= 4 is 29.0 Å². The Morgan fingerprint density at radius 2 is 1.84 bits per heavy atom. The zero-order valence-corrected chi connectivity index (χ0v) is 22.6. The van der Waals surface area contributed by atoms with Crippen molar-refractivity contribution in [1.29, 1.82) is 0 Å². The van der Waals surface area contributed by atoms with E-state index in [9.17, 15) is 27.9 Å². The zero-order chi connectivity index (χ0) is 27.7. The van der Waals surface area contributed by atoms with Crippen LogP contribution in [0.15, 0.2) is 12.3 Å². The number of nitrogens with zero attached hydrogens (tertiary/aromatic N) is 3. The Balaban J connectivity index is 1.77. The van der Waals surface area contributed by atoms with E-state index in [1.165, 1.54) is 13.8 Å². The molecule has 2 aromatic rings. The van der Waals surface area contributed by atoms with Crippen molar-refractivity contribution in [2.24, 2.45) is 0 Å². The number of aliphatic hydroxyl groups is 1. The minimum absolute atomic E-state index is 0.0478. The molecule has 1 saturated carbocycles. The lowest BCUT2D eigenvalue weighted by atomic mass is 10.0. The van der Waals surface area contributed by atoms with Gasteiger partial charge in [-0.2, -0.15) is 13.2 Å². The van der Waals surface area contributed by atoms with Gasteiger partial charge >= 0.3 is 6.18 Å². The van der Waals surface area contributed by atoms with Gasteiger partial charge in [0, 0.05) is 36.9 Å². The molecule has 2 aliphatic rings. The number of nitrogens with one attached hydrogen (secondary N) is 2. The fraction of sp³-hybridized carbons (Fsp3) is 0.615. The summed E-state index contributed by atoms with van der Waals surface area (Å²) in [7, 11) is 0. The molecule has 208 valence electrons. The van der Waals surface area contributed by atoms with Gasteiger partial charge in [-0.15, -0.1) is 11.3 Å². The van der Waals surface area contributed by atoms with Crippen molar-refractivity contribution in [3.05, 3.63) is 28.5 Å². The summed E-state index contributed by atoms with van der Waals surface area (Å²) in [6, 6.07) is 0.942. The summed E-state index contributed by atoms with van der Waals surface area (Å²) in [4.78, 5) is 36.5. The molecule has 0 spiro atoms. The number of thiazole rings is 1. The number of piperidine rings is 1. The second-order valence-electron chi connectivity index (χ2n) is 10.8. The average molecular weight is 554 g/mol. The molecule has 3 N–H and O–H groups in total. The second kappa shape index (κ2) is 11.2. The third-order valence-electron chi connectivity index (χ3n) is 6.93. The van der Waals surface area contributed by atoms with Crippen molar-refractivity contribution in [3.8, 4) is 10.4 Å². The summed E-state index contributed by atoms with van der Waals surface area (Å²) in [6.07, 6.45) is 2.68. The first kappa shape index (κ1) is 28.3. The third-order valence-corrected chi connectivity index (χ3v) is 8.02. The molecule has 0 aromatic carbocycles. The van der Waals surface area contributed by atoms with Crippen LogP contribution in [0.1, 0.15) is 91.6 Å². The van der Waals surface area contributed by atoms with Crippen LogP contribution in [0.4, 0.5) is 19.0 Å². The molecule has 1 saturated heterocycles. The van der Waals surface area contributed by atoms with Gasteiger partial charge < -0.3 is 20.6 Å². The summed E-state index contributed by atoms with van der Waals surface area (Å²) in [5, 5.41) is 15.4. The SMILES string of the molecule is CC1CCCCN1C(=O)c1nc(C(=O)NCC(C)(C)O)sc1-c1cnc(NC2CCCC2)cc1C(F)(F)F. The van der Waals surface area contributed by atoms with Gasteiger partial charge in [0.1, 0.15) is 11.5 Å². The molecule has 8 nitrogen and oxygen atoms in total. The van der Waals surface area contributed by atoms with Crippen LogP contribution in [-0.2, 0) is 6.18 Å². The quantitative estimate of drug-likeness (QED) is 0.441. The van der Waals surface area contributed by atoms with E-state index in [4.69, 9.17) is 0 Å². The van der Waals surface area contributed by atoms with Crippen molar-refractivity contribution in [2.75, 3.05) is 18.4 Å². The molecule has 1 unspecified atom stereocenters. The highest BCUT2D eigenvalue weighted by atomic mass is 32.1. The van der Waals surface area contributed by atoms with Crippen LogP contribution in [0.5, 0.6) is 0 Å². The number of anilines is 1. The molecule has 4 rings (SSSR count). The summed E-state index contributed by atoms with van der Waals surface area (Å²) in [5.74, 6) is -1.06. The van der Waals surface area contributed by atoms with Crippen LogP contribution in [0, 0.1) is 0 Å². The summed E-state index contributed by atoms with van der Waals surface area (Å²) < 4.78 is 43.0. The molecule has 2 aromatic heterocycles. The Morgan fingerprint density at radius 3 is 2.47 bits per heavy atom. The standard InChI is InChI=1S/C26H34F3N5O3S/c1-15-8-6-7-11-34(15)24(36)20-21(38-23(33-20)22(35)31-14-25(2,3)37)17-13-30-19(12-18(17)26(27,28)29)32-16-9-4-5-10-16/h12-13,15-16,37H,4-11,14H2,1-3H3,(H,30,32)(H,31,35). The normalized spacial score (nSPS) is 19.0. The zero-order valence-electron chi connectivity index (χ0n) is 21.8. The van der Waals surface area contributed by atoms with E-state index in [1.54, 1.807) is 4.90 Å². The minimum atomic E-state index is -4.73. The topological polar surface area (TPSA) is 107 Å². The van der Waals surface area contributed by atoms with Gasteiger partial charge in [-0.05, 0) is 58.9 Å². The first-order valence-corrected chi connectivity index (χ1v) is 13.8. The minimum Gasteiger partial charge on any atom is -0.389 e. The van der Waals surface area contributed by atoms with Gasteiger partial charge in [0.2, 0.25) is 0 Å². The highest BCUT2D eigenvalue weighted by Gasteiger charge is 2.38. The van der Waals surface area contributed by atoms with Crippen LogP contribution in [0.2, 0.25) is 0 Å². The number of hydrogen-bond acceptors (Lipinski definition) is 7. The van der Waals surface area contributed by atoms with Gasteiger partial charge in [0.05, 0.1) is 16.0 Å². The summed E-state index contributed by atoms with van der Waals surface area (Å²) >= 11 is 0.721. The lowest BCUT2D eigenvalue weighted by molar-refractivity contribution is -0.137. The van der Waals surface area contributed by atoms with Gasteiger partial charge in [0.25, 0.3) is 11.8 Å². The molecular formula is C26H34F3N5O3S. The number of aromatic nitrogens is 2. The summed E-state index contributed by atoms with van der Waals surface area (Å²) in [6.45, 7) is 5.29. The fourth-order valence-corrected chi connectivity index (χ4v) is 5.88. The molecule has 1 atom stereocenters. The van der Waals surface area contributed by atoms with Crippen LogP contribution in [0.3, 0.4) is 0 Å². The maximum atomic E-state index is 14.3. The molecule has 2 amide bonds. The number of likely N-dealkylation sites (tertiary alicyclic amines) is 1. The third kappa shape index (κ3) is 6.63. The maximum absolute atomic E-state index is 14.3. The van der Waals surface area contributed by atoms with E-state index >= 15 is 0 Å². The van der Waals surface area contributed by atoms with E-state index in [0.29, 0.717) is 6.54 Å². The molecule has 0 bridgehead atoms. The van der Waals surface area contributed by atoms with Gasteiger partial charge in [0.15, 0.2) is 5.01 Å². The second-order valence-corrected chi connectivity index (χ2v) is 11.8. The number of rotatable bonds is 7. The molecule has 0 radical (unpaired) electrons. The Kier molecular flexibility index (Phi) is 8.32. The van der Waals surface area contributed by atoms with E-state index in [2.05, 4.69) is 20.6 Å². The first-order chi connectivity index (χ1) is 17.8. The Hall–Kier alpha value is -2.73. The molecule has 2 fully saturated rings. The number of hydrogen-bond donors (Lipinski definition) is 3. The van der Waals surface area contributed by atoms with E-state index in [1.807, 2.05) is 6.92 Å². The molecule has 38 heavy (non-hydrogen) atoms. The predicted molar refractivity (Wildman–Crippen MR) is 139 cm³/mol. The Bertz CT molecular complexity index is 1170. The van der Waals surface area contributed by atoms with Crippen molar-refractivity contribution in [2.45, 2.75) is 89.6 Å². The number of amides is 2. The number of pyridine rings is 1. The van der Waals surface area contributed by atoms with Gasteiger partial charge in [-0.3, -0.25) is 9.59 Å². The highest BCUT2D eigenvalue weighted by Crippen LogP contribution is 2.42. The van der Waals surface area contributed by atoms with E-state index in [0.717, 1.165) is 68.5 Å². The molecule has 1 aliphatic carbocycles. The van der Waals surface area contributed by atoms with Crippen LogP contribution in [-0.4, -0.2) is 62.6 Å². The fourth-order valence-electron chi connectivity index (χ4n) is 4.88.